The number of aromatic nitrogens is 3. The molecule has 0 bridgehead atoms. The van der Waals surface area contributed by atoms with Crippen molar-refractivity contribution in [1.29, 1.82) is 0 Å². The molecule has 2 amide bonds. The topological polar surface area (TPSA) is 101 Å². The summed E-state index contributed by atoms with van der Waals surface area (Å²) in [6.45, 7) is 4.18. The summed E-state index contributed by atoms with van der Waals surface area (Å²) in [4.78, 5) is 24.3. The Labute approximate surface area is 170 Å². The number of rotatable bonds is 7. The van der Waals surface area contributed by atoms with Crippen LogP contribution in [0.25, 0.3) is 0 Å². The van der Waals surface area contributed by atoms with Crippen LogP contribution in [0.4, 0.5) is 0 Å². The Morgan fingerprint density at radius 1 is 1.18 bits per heavy atom. The van der Waals surface area contributed by atoms with Gasteiger partial charge in [0.05, 0.1) is 18.3 Å². The standard InChI is InChI=1S/C19H26N6O2.ClH/c1-14-18(23-24-25(14)16-8-10-20-11-9-16)19(27)22-13-17(26)21-12-7-15-5-3-2-4-6-15;/h2-6,16,20H,7-13H2,1H3,(H,21,26)(H,22,27);1H. The van der Waals surface area contributed by atoms with E-state index in [0.717, 1.165) is 43.6 Å². The van der Waals surface area contributed by atoms with Crippen molar-refractivity contribution in [3.05, 3.63) is 47.3 Å². The summed E-state index contributed by atoms with van der Waals surface area (Å²) in [7, 11) is 0. The third-order valence-corrected chi connectivity index (χ3v) is 4.79. The summed E-state index contributed by atoms with van der Waals surface area (Å²) >= 11 is 0. The lowest BCUT2D eigenvalue weighted by Crippen LogP contribution is -2.38. The van der Waals surface area contributed by atoms with Crippen LogP contribution in [-0.4, -0.2) is 53.0 Å². The molecule has 8 nitrogen and oxygen atoms in total. The fourth-order valence-electron chi connectivity index (χ4n) is 3.25. The highest BCUT2D eigenvalue weighted by Gasteiger charge is 2.23. The summed E-state index contributed by atoms with van der Waals surface area (Å²) in [5, 5.41) is 16.9. The predicted molar refractivity (Wildman–Crippen MR) is 109 cm³/mol. The quantitative estimate of drug-likeness (QED) is 0.637. The monoisotopic (exact) mass is 406 g/mol. The first-order chi connectivity index (χ1) is 13.1. The van der Waals surface area contributed by atoms with Gasteiger partial charge in [0.25, 0.3) is 5.91 Å². The summed E-state index contributed by atoms with van der Waals surface area (Å²) < 4.78 is 1.83. The lowest BCUT2D eigenvalue weighted by atomic mass is 10.1. The Morgan fingerprint density at radius 2 is 1.89 bits per heavy atom. The molecule has 152 valence electrons. The molecule has 3 N–H and O–H groups in total. The molecule has 0 spiro atoms. The van der Waals surface area contributed by atoms with E-state index in [1.807, 2.05) is 41.9 Å². The molecule has 0 atom stereocenters. The Morgan fingerprint density at radius 3 is 2.61 bits per heavy atom. The fraction of sp³-hybridized carbons (Fsp3) is 0.474. The highest BCUT2D eigenvalue weighted by Crippen LogP contribution is 2.20. The maximum Gasteiger partial charge on any atom is 0.274 e. The number of carbonyl (C=O) groups excluding carboxylic acids is 2. The fourth-order valence-corrected chi connectivity index (χ4v) is 3.25. The highest BCUT2D eigenvalue weighted by molar-refractivity contribution is 5.95. The third-order valence-electron chi connectivity index (χ3n) is 4.79. The van der Waals surface area contributed by atoms with Gasteiger partial charge in [0.15, 0.2) is 5.69 Å². The molecule has 2 aromatic rings. The minimum absolute atomic E-state index is 0. The van der Waals surface area contributed by atoms with Crippen molar-refractivity contribution in [3.8, 4) is 0 Å². The Hall–Kier alpha value is -2.45. The molecule has 1 aromatic carbocycles. The molecule has 0 radical (unpaired) electrons. The van der Waals surface area contributed by atoms with E-state index in [-0.39, 0.29) is 42.5 Å². The van der Waals surface area contributed by atoms with Crippen molar-refractivity contribution in [1.82, 2.24) is 30.9 Å². The van der Waals surface area contributed by atoms with Crippen molar-refractivity contribution in [2.45, 2.75) is 32.2 Å². The molecule has 1 aliphatic heterocycles. The molecule has 9 heteroatoms. The number of piperidine rings is 1. The van der Waals surface area contributed by atoms with Crippen molar-refractivity contribution >= 4 is 24.2 Å². The van der Waals surface area contributed by atoms with Crippen LogP contribution in [0.1, 0.15) is 40.6 Å². The normalized spacial score (nSPS) is 14.2. The summed E-state index contributed by atoms with van der Waals surface area (Å²) in [5.41, 5.74) is 2.18. The number of benzene rings is 1. The van der Waals surface area contributed by atoms with E-state index in [0.29, 0.717) is 6.54 Å². The van der Waals surface area contributed by atoms with Gasteiger partial charge in [0.1, 0.15) is 0 Å². The lowest BCUT2D eigenvalue weighted by Gasteiger charge is -2.23. The van der Waals surface area contributed by atoms with Crippen LogP contribution in [0, 0.1) is 6.92 Å². The van der Waals surface area contributed by atoms with Gasteiger partial charge in [-0.2, -0.15) is 0 Å². The van der Waals surface area contributed by atoms with Crippen LogP contribution >= 0.6 is 12.4 Å². The minimum atomic E-state index is -0.370. The molecule has 0 unspecified atom stereocenters. The van der Waals surface area contributed by atoms with Crippen LogP contribution in [0.5, 0.6) is 0 Å². The van der Waals surface area contributed by atoms with Crippen LogP contribution < -0.4 is 16.0 Å². The number of carbonyl (C=O) groups is 2. The van der Waals surface area contributed by atoms with Crippen molar-refractivity contribution in [2.24, 2.45) is 0 Å². The lowest BCUT2D eigenvalue weighted by molar-refractivity contribution is -0.120. The van der Waals surface area contributed by atoms with Gasteiger partial charge in [0.2, 0.25) is 5.91 Å². The van der Waals surface area contributed by atoms with E-state index in [1.165, 1.54) is 0 Å². The van der Waals surface area contributed by atoms with Gasteiger partial charge in [-0.25, -0.2) is 4.68 Å². The second-order valence-electron chi connectivity index (χ2n) is 6.72. The second-order valence-corrected chi connectivity index (χ2v) is 6.72. The van der Waals surface area contributed by atoms with E-state index in [1.54, 1.807) is 0 Å². The van der Waals surface area contributed by atoms with Gasteiger partial charge in [-0.3, -0.25) is 9.59 Å². The van der Waals surface area contributed by atoms with Crippen molar-refractivity contribution < 1.29 is 9.59 Å². The number of hydrogen-bond acceptors (Lipinski definition) is 5. The predicted octanol–water partition coefficient (Wildman–Crippen LogP) is 1.02. The molecule has 1 aliphatic rings. The van der Waals surface area contributed by atoms with E-state index < -0.39 is 0 Å². The van der Waals surface area contributed by atoms with Gasteiger partial charge in [0, 0.05) is 6.54 Å². The summed E-state index contributed by atoms with van der Waals surface area (Å²) in [5.74, 6) is -0.589. The van der Waals surface area contributed by atoms with E-state index in [4.69, 9.17) is 0 Å². The first-order valence-corrected chi connectivity index (χ1v) is 9.36. The SMILES string of the molecule is Cc1c(C(=O)NCC(=O)NCCc2ccccc2)nnn1C1CCNCC1.Cl. The number of nitrogens with zero attached hydrogens (tertiary/aromatic N) is 3. The molecule has 1 saturated heterocycles. The number of halogens is 1. The largest absolute Gasteiger partial charge is 0.354 e. The van der Waals surface area contributed by atoms with Crippen LogP contribution in [0.15, 0.2) is 30.3 Å². The summed E-state index contributed by atoms with van der Waals surface area (Å²) in [6.07, 6.45) is 2.69. The Bertz CT molecular complexity index is 774. The Kier molecular flexibility index (Phi) is 8.41. The zero-order valence-corrected chi connectivity index (χ0v) is 16.8. The first-order valence-electron chi connectivity index (χ1n) is 9.36. The molecule has 0 aliphatic carbocycles. The van der Waals surface area contributed by atoms with Gasteiger partial charge in [-0.1, -0.05) is 35.5 Å². The van der Waals surface area contributed by atoms with Crippen molar-refractivity contribution in [3.63, 3.8) is 0 Å². The minimum Gasteiger partial charge on any atom is -0.354 e. The number of hydrogen-bond donors (Lipinski definition) is 3. The van der Waals surface area contributed by atoms with Crippen molar-refractivity contribution in [2.75, 3.05) is 26.2 Å². The third kappa shape index (κ3) is 5.77. The first kappa shape index (κ1) is 21.8. The molecule has 3 rings (SSSR count). The van der Waals surface area contributed by atoms with E-state index in [2.05, 4.69) is 26.3 Å². The smallest absolute Gasteiger partial charge is 0.274 e. The molecule has 2 heterocycles. The summed E-state index contributed by atoms with van der Waals surface area (Å²) in [6, 6.07) is 10.2. The maximum atomic E-state index is 12.3. The molecular formula is C19H27ClN6O2. The Balaban J connectivity index is 0.00000280. The average molecular weight is 407 g/mol. The molecule has 1 aromatic heterocycles. The number of nitrogens with one attached hydrogen (secondary N) is 3. The van der Waals surface area contributed by atoms with Crippen LogP contribution in [0.2, 0.25) is 0 Å². The zero-order chi connectivity index (χ0) is 19.1. The van der Waals surface area contributed by atoms with E-state index >= 15 is 0 Å². The van der Waals surface area contributed by atoms with Gasteiger partial charge in [-0.05, 0) is 44.8 Å². The molecule has 0 saturated carbocycles. The number of amides is 2. The van der Waals surface area contributed by atoms with Gasteiger partial charge in [-0.15, -0.1) is 17.5 Å². The molecule has 1 fully saturated rings. The maximum absolute atomic E-state index is 12.3. The second kappa shape index (κ2) is 10.8. The van der Waals surface area contributed by atoms with Gasteiger partial charge < -0.3 is 16.0 Å². The van der Waals surface area contributed by atoms with E-state index in [9.17, 15) is 9.59 Å². The highest BCUT2D eigenvalue weighted by atomic mass is 35.5. The molecule has 28 heavy (non-hydrogen) atoms. The van der Waals surface area contributed by atoms with Gasteiger partial charge >= 0.3 is 0 Å². The van der Waals surface area contributed by atoms with Crippen LogP contribution in [0.3, 0.4) is 0 Å². The molecular weight excluding hydrogens is 380 g/mol. The average Bonchev–Trinajstić information content (AvgIpc) is 3.09. The van der Waals surface area contributed by atoms with Crippen LogP contribution in [-0.2, 0) is 11.2 Å². The zero-order valence-electron chi connectivity index (χ0n) is 16.0.